The summed E-state index contributed by atoms with van der Waals surface area (Å²) in [7, 11) is 0. The van der Waals surface area contributed by atoms with Gasteiger partial charge >= 0.3 is 0 Å². The summed E-state index contributed by atoms with van der Waals surface area (Å²) >= 11 is 5.25. The summed E-state index contributed by atoms with van der Waals surface area (Å²) in [6, 6.07) is 0. The Kier molecular flexibility index (Phi) is 947. The molecule has 0 heterocycles. The molecule has 1 radical (unpaired) electrons. The topological polar surface area (TPSA) is 0 Å². The van der Waals surface area contributed by atoms with Crippen LogP contribution in [0.2, 0.25) is 0 Å². The van der Waals surface area contributed by atoms with Crippen molar-refractivity contribution in [1.82, 2.24) is 0 Å². The van der Waals surface area contributed by atoms with E-state index < -0.39 is 0 Å². The van der Waals surface area contributed by atoms with E-state index in [1.807, 2.05) is 65.2 Å². The molecule has 0 nitrogen and oxygen atoms in total. The molecule has 4 heteroatoms. The molecule has 0 aliphatic rings. The van der Waals surface area contributed by atoms with Gasteiger partial charge in [-0.05, 0) is 37.5 Å². The van der Waals surface area contributed by atoms with Gasteiger partial charge in [0.05, 0.1) is 0 Å². The van der Waals surface area contributed by atoms with E-state index in [4.69, 9.17) is 0 Å². The van der Waals surface area contributed by atoms with E-state index >= 15 is 0 Å². The fourth-order valence-corrected chi connectivity index (χ4v) is 0. The third-order valence-electron chi connectivity index (χ3n) is 0. The maximum Gasteiger partial charge on any atom is 0 e. The molecule has 0 aliphatic carbocycles. The second kappa shape index (κ2) is 238. The third kappa shape index (κ3) is 1150. The second-order valence-corrected chi connectivity index (χ2v) is 3.67. The monoisotopic (exact) mass is 397 g/mol. The molecule has 18 heavy (non-hydrogen) atoms. The molecule has 0 amide bonds. The Labute approximate surface area is 161 Å². The van der Waals surface area contributed by atoms with E-state index in [1.54, 1.807) is 35.3 Å². The van der Waals surface area contributed by atoms with Crippen LogP contribution in [0.15, 0.2) is 0 Å². The Balaban J connectivity index is -0.00000000525. The molecule has 0 atom stereocenters. The Morgan fingerprint density at radius 3 is 0.444 bits per heavy atom. The van der Waals surface area contributed by atoms with Crippen molar-refractivity contribution in [1.29, 1.82) is 0 Å². The van der Waals surface area contributed by atoms with Crippen molar-refractivity contribution < 1.29 is 32.7 Å². The van der Waals surface area contributed by atoms with Crippen molar-refractivity contribution in [3.63, 3.8) is 0 Å². The zero-order valence-electron chi connectivity index (χ0n) is 13.8. The van der Waals surface area contributed by atoms with E-state index in [2.05, 4.69) is 0 Å². The normalized spacial score (nSPS) is 3.67. The number of thioether (sulfide) groups is 3. The average molecular weight is 398 g/mol. The number of hydrogen-bond donors (Lipinski definition) is 0. The molecule has 0 saturated heterocycles. The van der Waals surface area contributed by atoms with Crippen LogP contribution in [0.1, 0.15) is 42.5 Å². The number of rotatable bonds is 0. The van der Waals surface area contributed by atoms with Crippen LogP contribution < -0.4 is 0 Å². The number of hydrogen-bond acceptors (Lipinski definition) is 3. The van der Waals surface area contributed by atoms with Crippen LogP contribution in [0.5, 0.6) is 0 Å². The molecule has 0 aromatic rings. The van der Waals surface area contributed by atoms with E-state index in [0.29, 0.717) is 0 Å². The van der Waals surface area contributed by atoms with Crippen LogP contribution in [0.4, 0.5) is 0 Å². The molecule has 0 aromatic heterocycles. The molecule has 0 unspecified atom stereocenters. The van der Waals surface area contributed by atoms with Gasteiger partial charge in [0.25, 0.3) is 0 Å². The summed E-state index contributed by atoms with van der Waals surface area (Å²) in [5.74, 6) is 0. The molecule has 0 saturated carbocycles. The molecule has 0 spiro atoms. The zero-order chi connectivity index (χ0) is 12.1. The predicted molar refractivity (Wildman–Crippen MR) is 107 cm³/mol. The Morgan fingerprint density at radius 2 is 0.444 bits per heavy atom. The van der Waals surface area contributed by atoms with Crippen LogP contribution in [-0.2, 0) is 32.7 Å². The smallest absolute Gasteiger partial charge is 0 e. The van der Waals surface area contributed by atoms with E-state index in [9.17, 15) is 0 Å². The quantitative estimate of drug-likeness (QED) is 0.398. The first-order chi connectivity index (χ1) is 6.24. The molecule has 123 valence electrons. The zero-order valence-corrected chi connectivity index (χ0v) is 19.1. The van der Waals surface area contributed by atoms with Crippen LogP contribution in [0.3, 0.4) is 0 Å². The van der Waals surface area contributed by atoms with Gasteiger partial charge in [0.2, 0.25) is 0 Å². The molecule has 0 fully saturated rings. The first kappa shape index (κ1) is 71.7. The summed E-state index contributed by atoms with van der Waals surface area (Å²) in [6.07, 6.45) is 12.2. The summed E-state index contributed by atoms with van der Waals surface area (Å²) < 4.78 is 0. The van der Waals surface area contributed by atoms with Crippen LogP contribution in [0, 0.1) is 14.9 Å². The standard InChI is InChI=1S/3C2H6S.2C2H6.2CH4.2CH3.Y/c3*1-3-2;2*1-2;;;;;/h3*1-2H3;2*1-2H3;2*1H4;2*1H3;/q;;;;;;;2*-1;. The maximum atomic E-state index is 2.04. The minimum atomic E-state index is 0. The van der Waals surface area contributed by atoms with Crippen molar-refractivity contribution in [3.8, 4) is 0 Å². The van der Waals surface area contributed by atoms with Gasteiger partial charge in [-0.3, -0.25) is 0 Å². The van der Waals surface area contributed by atoms with E-state index in [-0.39, 0.29) is 62.4 Å². The van der Waals surface area contributed by atoms with Gasteiger partial charge in [-0.2, -0.15) is 35.3 Å². The first-order valence-corrected chi connectivity index (χ1v) is 9.35. The molecular formula is C14H44S3Y-2. The van der Waals surface area contributed by atoms with Gasteiger partial charge in [-0.1, -0.05) is 42.5 Å². The summed E-state index contributed by atoms with van der Waals surface area (Å²) in [6.45, 7) is 8.00. The van der Waals surface area contributed by atoms with Crippen LogP contribution in [-0.4, -0.2) is 37.5 Å². The average Bonchev–Trinajstić information content (AvgIpc) is 2.14. The minimum Gasteiger partial charge on any atom is -0.358 e. The largest absolute Gasteiger partial charge is 0.358 e. The summed E-state index contributed by atoms with van der Waals surface area (Å²) in [5, 5.41) is 0. The third-order valence-corrected chi connectivity index (χ3v) is 0. The van der Waals surface area contributed by atoms with Gasteiger partial charge in [0.1, 0.15) is 0 Å². The fraction of sp³-hybridized carbons (Fsp3) is 0.857. The molecule has 0 aromatic carbocycles. The summed E-state index contributed by atoms with van der Waals surface area (Å²) in [5.41, 5.74) is 0. The van der Waals surface area contributed by atoms with Gasteiger partial charge < -0.3 is 14.9 Å². The summed E-state index contributed by atoms with van der Waals surface area (Å²) in [4.78, 5) is 0. The predicted octanol–water partition coefficient (Wildman–Crippen LogP) is 7.16. The van der Waals surface area contributed by atoms with Crippen molar-refractivity contribution in [2.45, 2.75) is 42.5 Å². The van der Waals surface area contributed by atoms with Crippen LogP contribution >= 0.6 is 35.3 Å². The van der Waals surface area contributed by atoms with Crippen LogP contribution in [0.25, 0.3) is 0 Å². The fourth-order valence-electron chi connectivity index (χ4n) is 0. The van der Waals surface area contributed by atoms with Gasteiger partial charge in [0, 0.05) is 32.7 Å². The van der Waals surface area contributed by atoms with Crippen molar-refractivity contribution in [2.75, 3.05) is 37.5 Å². The Hall–Kier alpha value is 2.15. The van der Waals surface area contributed by atoms with Gasteiger partial charge in [-0.15, -0.1) is 0 Å². The maximum absolute atomic E-state index is 2.04. The van der Waals surface area contributed by atoms with Gasteiger partial charge in [-0.25, -0.2) is 0 Å². The second-order valence-electron chi connectivity index (χ2n) is 1.22. The molecule has 0 rings (SSSR count). The Morgan fingerprint density at radius 1 is 0.444 bits per heavy atom. The molecule has 0 bridgehead atoms. The van der Waals surface area contributed by atoms with Crippen molar-refractivity contribution in [3.05, 3.63) is 14.9 Å². The molecule has 0 aliphatic heterocycles. The minimum absolute atomic E-state index is 0. The SMILES string of the molecule is C.C.CC.CC.CSC.CSC.CSC.[CH3-].[CH3-].[Y]. The van der Waals surface area contributed by atoms with Crippen molar-refractivity contribution in [2.24, 2.45) is 0 Å². The first-order valence-electron chi connectivity index (χ1n) is 4.45. The van der Waals surface area contributed by atoms with E-state index in [1.165, 1.54) is 0 Å². The molecule has 0 N–H and O–H groups in total. The van der Waals surface area contributed by atoms with Gasteiger partial charge in [0.15, 0.2) is 0 Å². The van der Waals surface area contributed by atoms with Crippen molar-refractivity contribution >= 4 is 35.3 Å². The molecular weight excluding hydrogens is 353 g/mol. The van der Waals surface area contributed by atoms with E-state index in [0.717, 1.165) is 0 Å². The Bertz CT molecular complexity index is 21.8.